The first-order valence-corrected chi connectivity index (χ1v) is 16.7. The van der Waals surface area contributed by atoms with Crippen LogP contribution in [0.5, 0.6) is 0 Å². The van der Waals surface area contributed by atoms with Crippen LogP contribution in [0.2, 0.25) is 0 Å². The molecular formula is C17H31N6O11P3. The normalized spacial score (nSPS) is 20.6. The minimum atomic E-state index is -5.00. The van der Waals surface area contributed by atoms with Gasteiger partial charge in [-0.2, -0.15) is 0 Å². The number of azide groups is 1. The molecule has 1 saturated heterocycles. The van der Waals surface area contributed by atoms with Crippen LogP contribution in [0.1, 0.15) is 37.5 Å². The lowest BCUT2D eigenvalue weighted by Gasteiger charge is -2.23. The fourth-order valence-corrected chi connectivity index (χ4v) is 10.6. The van der Waals surface area contributed by atoms with Crippen molar-refractivity contribution in [1.82, 2.24) is 9.13 Å². The molecule has 0 radical (unpaired) electrons. The third kappa shape index (κ3) is 9.58. The summed E-state index contributed by atoms with van der Waals surface area (Å²) >= 11 is 0. The van der Waals surface area contributed by atoms with Gasteiger partial charge in [0.15, 0.2) is 0 Å². The molecule has 0 aliphatic carbocycles. The van der Waals surface area contributed by atoms with Gasteiger partial charge in [-0.3, -0.25) is 27.6 Å². The van der Waals surface area contributed by atoms with E-state index in [0.717, 1.165) is 15.6 Å². The predicted octanol–water partition coefficient (Wildman–Crippen LogP) is 0.979. The standard InChI is InChI=1S/C17H31N6O11P3/c1-12-8-23(17(25)22(16(12)24)6-4-2-3-5-18)15-7-13(20-21-19)14(34-15)9-33-35(26,10-36(27,28)29)11-37(30,31)32/h8,13-15H,2-7,9-11,18H2,1H3,(H2,27,28,29)(H2,30,31,32)/t13-,14+,15-/m0/s1. The Morgan fingerprint density at radius 3 is 2.32 bits per heavy atom. The van der Waals surface area contributed by atoms with E-state index >= 15 is 0 Å². The Labute approximate surface area is 211 Å². The first-order chi connectivity index (χ1) is 17.1. The molecule has 1 aromatic heterocycles. The van der Waals surface area contributed by atoms with Crippen molar-refractivity contribution in [2.75, 3.05) is 25.0 Å². The lowest BCUT2D eigenvalue weighted by Crippen LogP contribution is -2.42. The maximum atomic E-state index is 13.1. The number of aromatic nitrogens is 2. The highest BCUT2D eigenvalue weighted by atomic mass is 31.3. The van der Waals surface area contributed by atoms with E-state index in [1.165, 1.54) is 13.1 Å². The molecule has 210 valence electrons. The van der Waals surface area contributed by atoms with Gasteiger partial charge in [-0.15, -0.1) is 0 Å². The third-order valence-electron chi connectivity index (χ3n) is 5.44. The molecule has 0 saturated carbocycles. The molecule has 2 heterocycles. The van der Waals surface area contributed by atoms with E-state index in [2.05, 4.69) is 10.0 Å². The van der Waals surface area contributed by atoms with Crippen LogP contribution in [0.3, 0.4) is 0 Å². The summed E-state index contributed by atoms with van der Waals surface area (Å²) in [5, 5.41) is 3.58. The Morgan fingerprint density at radius 2 is 1.78 bits per heavy atom. The summed E-state index contributed by atoms with van der Waals surface area (Å²) in [6.07, 6.45) is 0.961. The number of nitrogens with two attached hydrogens (primary N) is 1. The van der Waals surface area contributed by atoms with Crippen LogP contribution < -0.4 is 17.0 Å². The number of aryl methyl sites for hydroxylation is 1. The molecule has 2 rings (SSSR count). The highest BCUT2D eigenvalue weighted by Gasteiger charge is 2.42. The Hall–Kier alpha value is -1.60. The van der Waals surface area contributed by atoms with Gasteiger partial charge < -0.3 is 34.6 Å². The molecular weight excluding hydrogens is 557 g/mol. The molecule has 0 spiro atoms. The molecule has 3 atom stereocenters. The summed E-state index contributed by atoms with van der Waals surface area (Å²) in [4.78, 5) is 65.1. The van der Waals surface area contributed by atoms with E-state index in [1.54, 1.807) is 0 Å². The second-order valence-corrected chi connectivity index (χ2v) is 15.5. The van der Waals surface area contributed by atoms with Crippen molar-refractivity contribution >= 4 is 22.6 Å². The van der Waals surface area contributed by atoms with Crippen molar-refractivity contribution in [3.63, 3.8) is 0 Å². The Kier molecular flexibility index (Phi) is 11.1. The highest BCUT2D eigenvalue weighted by molar-refractivity contribution is 7.80. The average Bonchev–Trinajstić information content (AvgIpc) is 3.14. The third-order valence-corrected chi connectivity index (χ3v) is 12.5. The molecule has 0 aromatic carbocycles. The van der Waals surface area contributed by atoms with Crippen molar-refractivity contribution in [2.45, 2.75) is 57.5 Å². The summed E-state index contributed by atoms with van der Waals surface area (Å²) in [6, 6.07) is -0.995. The molecule has 6 N–H and O–H groups in total. The molecule has 0 unspecified atom stereocenters. The number of hydrogen-bond donors (Lipinski definition) is 5. The second kappa shape index (κ2) is 13.0. The molecule has 1 aliphatic heterocycles. The van der Waals surface area contributed by atoms with Gasteiger partial charge in [-0.05, 0) is 31.8 Å². The molecule has 1 aromatic rings. The summed E-state index contributed by atoms with van der Waals surface area (Å²) in [5.41, 5.74) is 13.5. The summed E-state index contributed by atoms with van der Waals surface area (Å²) < 4.78 is 48.7. The van der Waals surface area contributed by atoms with E-state index in [9.17, 15) is 42.9 Å². The SMILES string of the molecule is Cc1cn([C@@H]2C[C@H](N=[N+]=[N-])[C@@H](COP(=O)(CP(=O)(O)O)CP(=O)(O)O)O2)c(=O)n(CCCCCN)c1=O. The Balaban J connectivity index is 2.31. The topological polar surface area (TPSA) is 269 Å². The van der Waals surface area contributed by atoms with Crippen molar-refractivity contribution in [2.24, 2.45) is 10.8 Å². The van der Waals surface area contributed by atoms with Crippen molar-refractivity contribution in [3.8, 4) is 0 Å². The number of ether oxygens (including phenoxy) is 1. The molecule has 37 heavy (non-hydrogen) atoms. The molecule has 0 amide bonds. The van der Waals surface area contributed by atoms with Gasteiger partial charge in [0.1, 0.15) is 18.0 Å². The molecule has 20 heteroatoms. The minimum Gasteiger partial charge on any atom is -0.352 e. The number of hydrogen-bond acceptors (Lipinski definition) is 9. The van der Waals surface area contributed by atoms with E-state index in [1.807, 2.05) is 0 Å². The van der Waals surface area contributed by atoms with Crippen LogP contribution in [-0.4, -0.2) is 65.8 Å². The Bertz CT molecular complexity index is 1240. The lowest BCUT2D eigenvalue weighted by atomic mass is 10.1. The van der Waals surface area contributed by atoms with Gasteiger partial charge in [0.05, 0.1) is 18.8 Å². The summed E-state index contributed by atoms with van der Waals surface area (Å²) in [5.74, 6) is -2.83. The smallest absolute Gasteiger partial charge is 0.335 e. The van der Waals surface area contributed by atoms with Crippen LogP contribution >= 0.6 is 22.6 Å². The van der Waals surface area contributed by atoms with Crippen LogP contribution in [0.4, 0.5) is 0 Å². The molecule has 1 aliphatic rings. The highest BCUT2D eigenvalue weighted by Crippen LogP contribution is 2.64. The Morgan fingerprint density at radius 1 is 1.16 bits per heavy atom. The van der Waals surface area contributed by atoms with Gasteiger partial charge in [0.2, 0.25) is 7.37 Å². The van der Waals surface area contributed by atoms with Crippen molar-refractivity contribution < 1.29 is 42.5 Å². The van der Waals surface area contributed by atoms with Gasteiger partial charge in [-0.25, -0.2) is 4.79 Å². The predicted molar refractivity (Wildman–Crippen MR) is 131 cm³/mol. The van der Waals surface area contributed by atoms with E-state index in [-0.39, 0.29) is 18.5 Å². The van der Waals surface area contributed by atoms with Crippen LogP contribution in [0.15, 0.2) is 20.9 Å². The van der Waals surface area contributed by atoms with Gasteiger partial charge >= 0.3 is 20.9 Å². The van der Waals surface area contributed by atoms with Crippen molar-refractivity contribution in [3.05, 3.63) is 43.0 Å². The maximum Gasteiger partial charge on any atom is 0.335 e. The van der Waals surface area contributed by atoms with Crippen molar-refractivity contribution in [1.29, 1.82) is 0 Å². The van der Waals surface area contributed by atoms with E-state index in [4.69, 9.17) is 20.5 Å². The fraction of sp³-hybridized carbons (Fsp3) is 0.765. The number of rotatable bonds is 14. The largest absolute Gasteiger partial charge is 0.352 e. The fourth-order valence-electron chi connectivity index (χ4n) is 3.87. The number of unbranched alkanes of at least 4 members (excludes halogenated alkanes) is 2. The van der Waals surface area contributed by atoms with Gasteiger partial charge in [-0.1, -0.05) is 11.5 Å². The summed E-state index contributed by atoms with van der Waals surface area (Å²) in [7, 11) is -14.6. The van der Waals surface area contributed by atoms with Crippen LogP contribution in [0, 0.1) is 6.92 Å². The van der Waals surface area contributed by atoms with Gasteiger partial charge in [0, 0.05) is 29.6 Å². The average molecular weight is 588 g/mol. The van der Waals surface area contributed by atoms with Crippen LogP contribution in [0.25, 0.3) is 10.4 Å². The maximum absolute atomic E-state index is 13.1. The lowest BCUT2D eigenvalue weighted by molar-refractivity contribution is -0.0226. The summed E-state index contributed by atoms with van der Waals surface area (Å²) in [6.45, 7) is 1.42. The quantitative estimate of drug-likeness (QED) is 0.0669. The zero-order valence-corrected chi connectivity index (χ0v) is 22.7. The monoisotopic (exact) mass is 588 g/mol. The van der Waals surface area contributed by atoms with E-state index in [0.29, 0.717) is 19.4 Å². The zero-order valence-electron chi connectivity index (χ0n) is 20.0. The zero-order chi connectivity index (χ0) is 28.0. The first kappa shape index (κ1) is 31.6. The first-order valence-electron chi connectivity index (χ1n) is 11.1. The van der Waals surface area contributed by atoms with E-state index < -0.39 is 70.6 Å². The molecule has 1 fully saturated rings. The second-order valence-electron chi connectivity index (χ2n) is 8.67. The molecule has 0 bridgehead atoms. The minimum absolute atomic E-state index is 0.0654. The van der Waals surface area contributed by atoms with Crippen LogP contribution in [-0.2, 0) is 29.5 Å². The van der Waals surface area contributed by atoms with Gasteiger partial charge in [0.25, 0.3) is 5.56 Å². The number of nitrogens with zero attached hydrogens (tertiary/aromatic N) is 5. The molecule has 17 nitrogen and oxygen atoms in total.